The summed E-state index contributed by atoms with van der Waals surface area (Å²) in [6.45, 7) is 7.27. The van der Waals surface area contributed by atoms with E-state index in [9.17, 15) is 14.7 Å². The normalized spacial score (nSPS) is 11.1. The van der Waals surface area contributed by atoms with Crippen LogP contribution in [-0.4, -0.2) is 23.0 Å². The fourth-order valence-electron chi connectivity index (χ4n) is 1.69. The van der Waals surface area contributed by atoms with Crippen LogP contribution in [0.15, 0.2) is 18.2 Å². The standard InChI is InChI=1S/C13H17NO3/c1-9-5-6-10(8-15)7-11(9)14(12(16)17)13(2,3)4/h5-8H,1-4H3,(H,16,17). The minimum atomic E-state index is -1.02. The first kappa shape index (κ1) is 13.2. The highest BCUT2D eigenvalue weighted by molar-refractivity contribution is 5.90. The summed E-state index contributed by atoms with van der Waals surface area (Å²) in [5, 5.41) is 9.29. The maximum Gasteiger partial charge on any atom is 0.412 e. The number of amides is 1. The Kier molecular flexibility index (Phi) is 3.56. The molecule has 0 aromatic heterocycles. The predicted octanol–water partition coefficient (Wildman–Crippen LogP) is 3.09. The van der Waals surface area contributed by atoms with Crippen molar-refractivity contribution in [3.8, 4) is 0 Å². The number of benzene rings is 1. The molecule has 0 bridgehead atoms. The van der Waals surface area contributed by atoms with Crippen LogP contribution in [0.5, 0.6) is 0 Å². The van der Waals surface area contributed by atoms with Gasteiger partial charge in [-0.1, -0.05) is 12.1 Å². The van der Waals surface area contributed by atoms with Crippen molar-refractivity contribution in [1.82, 2.24) is 0 Å². The van der Waals surface area contributed by atoms with Gasteiger partial charge in [-0.05, 0) is 39.3 Å². The molecule has 0 aliphatic carbocycles. The van der Waals surface area contributed by atoms with Crippen LogP contribution in [-0.2, 0) is 0 Å². The van der Waals surface area contributed by atoms with Crippen molar-refractivity contribution >= 4 is 18.1 Å². The van der Waals surface area contributed by atoms with E-state index in [0.717, 1.165) is 5.56 Å². The van der Waals surface area contributed by atoms with Gasteiger partial charge in [-0.2, -0.15) is 0 Å². The molecule has 0 spiro atoms. The van der Waals surface area contributed by atoms with Gasteiger partial charge >= 0.3 is 6.09 Å². The molecule has 1 N–H and O–H groups in total. The van der Waals surface area contributed by atoms with Crippen LogP contribution in [0, 0.1) is 6.92 Å². The first-order valence-corrected chi connectivity index (χ1v) is 5.36. The lowest BCUT2D eigenvalue weighted by Crippen LogP contribution is -2.45. The van der Waals surface area contributed by atoms with Crippen LogP contribution < -0.4 is 4.90 Å². The molecule has 0 atom stereocenters. The summed E-state index contributed by atoms with van der Waals surface area (Å²) in [5.41, 5.74) is 1.29. The number of carbonyl (C=O) groups excluding carboxylic acids is 1. The number of nitrogens with zero attached hydrogens (tertiary/aromatic N) is 1. The molecule has 17 heavy (non-hydrogen) atoms. The Bertz CT molecular complexity index is 446. The molecule has 1 aromatic rings. The summed E-state index contributed by atoms with van der Waals surface area (Å²) < 4.78 is 0. The molecular formula is C13H17NO3. The molecule has 0 radical (unpaired) electrons. The number of rotatable bonds is 2. The molecule has 0 saturated heterocycles. The van der Waals surface area contributed by atoms with Crippen LogP contribution in [0.3, 0.4) is 0 Å². The first-order valence-electron chi connectivity index (χ1n) is 5.36. The highest BCUT2D eigenvalue weighted by Gasteiger charge is 2.28. The van der Waals surface area contributed by atoms with Gasteiger partial charge in [-0.25, -0.2) is 4.79 Å². The molecule has 0 heterocycles. The Morgan fingerprint density at radius 1 is 1.35 bits per heavy atom. The minimum absolute atomic E-state index is 0.473. The average molecular weight is 235 g/mol. The second kappa shape index (κ2) is 4.57. The van der Waals surface area contributed by atoms with Gasteiger partial charge in [0.2, 0.25) is 0 Å². The third-order valence-electron chi connectivity index (χ3n) is 2.47. The number of aldehydes is 1. The number of hydrogen-bond donors (Lipinski definition) is 1. The van der Waals surface area contributed by atoms with Crippen molar-refractivity contribution < 1.29 is 14.7 Å². The van der Waals surface area contributed by atoms with Crippen LogP contribution >= 0.6 is 0 Å². The number of aryl methyl sites for hydroxylation is 1. The lowest BCUT2D eigenvalue weighted by Gasteiger charge is -2.34. The predicted molar refractivity (Wildman–Crippen MR) is 66.8 cm³/mol. The summed E-state index contributed by atoms with van der Waals surface area (Å²) in [6.07, 6.45) is -0.310. The monoisotopic (exact) mass is 235 g/mol. The van der Waals surface area contributed by atoms with Gasteiger partial charge in [0, 0.05) is 11.1 Å². The van der Waals surface area contributed by atoms with Gasteiger partial charge in [0.15, 0.2) is 0 Å². The van der Waals surface area contributed by atoms with Crippen molar-refractivity contribution in [1.29, 1.82) is 0 Å². The highest BCUT2D eigenvalue weighted by atomic mass is 16.4. The molecule has 0 aliphatic rings. The Hall–Kier alpha value is -1.84. The van der Waals surface area contributed by atoms with Crippen molar-refractivity contribution in [2.45, 2.75) is 33.2 Å². The second-order valence-electron chi connectivity index (χ2n) is 4.95. The van der Waals surface area contributed by atoms with E-state index in [4.69, 9.17) is 0 Å². The molecule has 0 saturated carbocycles. The average Bonchev–Trinajstić information content (AvgIpc) is 2.18. The number of carboxylic acid groups (broad SMARTS) is 1. The quantitative estimate of drug-likeness (QED) is 0.801. The van der Waals surface area contributed by atoms with Gasteiger partial charge in [0.05, 0.1) is 5.69 Å². The van der Waals surface area contributed by atoms with E-state index in [0.29, 0.717) is 17.5 Å². The second-order valence-corrected chi connectivity index (χ2v) is 4.95. The molecule has 0 aliphatic heterocycles. The maximum absolute atomic E-state index is 11.3. The lowest BCUT2D eigenvalue weighted by atomic mass is 10.0. The largest absolute Gasteiger partial charge is 0.465 e. The van der Waals surface area contributed by atoms with Gasteiger partial charge in [0.1, 0.15) is 6.29 Å². The highest BCUT2D eigenvalue weighted by Crippen LogP contribution is 2.28. The van der Waals surface area contributed by atoms with Gasteiger partial charge in [0.25, 0.3) is 0 Å². The van der Waals surface area contributed by atoms with Crippen molar-refractivity contribution in [2.24, 2.45) is 0 Å². The third-order valence-corrected chi connectivity index (χ3v) is 2.47. The molecular weight excluding hydrogens is 218 g/mol. The van der Waals surface area contributed by atoms with E-state index < -0.39 is 11.6 Å². The first-order chi connectivity index (χ1) is 7.77. The number of anilines is 1. The molecule has 1 amide bonds. The zero-order valence-electron chi connectivity index (χ0n) is 10.5. The smallest absolute Gasteiger partial charge is 0.412 e. The number of carbonyl (C=O) groups is 2. The van der Waals surface area contributed by atoms with Gasteiger partial charge in [-0.3, -0.25) is 9.69 Å². The molecule has 0 unspecified atom stereocenters. The summed E-state index contributed by atoms with van der Waals surface area (Å²) >= 11 is 0. The molecule has 1 aromatic carbocycles. The fourth-order valence-corrected chi connectivity index (χ4v) is 1.69. The van der Waals surface area contributed by atoms with Crippen molar-refractivity contribution in [3.05, 3.63) is 29.3 Å². The van der Waals surface area contributed by atoms with Crippen LogP contribution in [0.1, 0.15) is 36.7 Å². The van der Waals surface area contributed by atoms with Gasteiger partial charge < -0.3 is 5.11 Å². The third kappa shape index (κ3) is 2.84. The fraction of sp³-hybridized carbons (Fsp3) is 0.385. The van der Waals surface area contributed by atoms with Crippen LogP contribution in [0.25, 0.3) is 0 Å². The Balaban J connectivity index is 3.37. The Morgan fingerprint density at radius 2 is 1.94 bits per heavy atom. The SMILES string of the molecule is Cc1ccc(C=O)cc1N(C(=O)O)C(C)(C)C. The van der Waals surface area contributed by atoms with Crippen molar-refractivity contribution in [2.75, 3.05) is 4.90 Å². The van der Waals surface area contributed by atoms with E-state index in [2.05, 4.69) is 0 Å². The molecule has 4 heteroatoms. The Labute approximate surface area is 101 Å². The zero-order chi connectivity index (χ0) is 13.2. The topological polar surface area (TPSA) is 57.6 Å². The molecule has 0 fully saturated rings. The maximum atomic E-state index is 11.3. The van der Waals surface area contributed by atoms with E-state index in [-0.39, 0.29) is 0 Å². The van der Waals surface area contributed by atoms with E-state index in [1.165, 1.54) is 4.90 Å². The minimum Gasteiger partial charge on any atom is -0.465 e. The van der Waals surface area contributed by atoms with E-state index >= 15 is 0 Å². The lowest BCUT2D eigenvalue weighted by molar-refractivity contribution is 0.112. The van der Waals surface area contributed by atoms with Gasteiger partial charge in [-0.15, -0.1) is 0 Å². The summed E-state index contributed by atoms with van der Waals surface area (Å²) in [5.74, 6) is 0. The number of hydrogen-bond acceptors (Lipinski definition) is 2. The Morgan fingerprint density at radius 3 is 2.35 bits per heavy atom. The summed E-state index contributed by atoms with van der Waals surface area (Å²) in [7, 11) is 0. The molecule has 4 nitrogen and oxygen atoms in total. The summed E-state index contributed by atoms with van der Waals surface area (Å²) in [6, 6.07) is 5.02. The molecule has 92 valence electrons. The van der Waals surface area contributed by atoms with E-state index in [1.807, 2.05) is 27.7 Å². The van der Waals surface area contributed by atoms with Crippen molar-refractivity contribution in [3.63, 3.8) is 0 Å². The summed E-state index contributed by atoms with van der Waals surface area (Å²) in [4.78, 5) is 23.4. The van der Waals surface area contributed by atoms with Crippen LogP contribution in [0.4, 0.5) is 10.5 Å². The zero-order valence-corrected chi connectivity index (χ0v) is 10.5. The molecule has 1 rings (SSSR count). The van der Waals surface area contributed by atoms with E-state index in [1.54, 1.807) is 18.2 Å². The van der Waals surface area contributed by atoms with Crippen LogP contribution in [0.2, 0.25) is 0 Å².